The van der Waals surface area contributed by atoms with Gasteiger partial charge in [0.1, 0.15) is 12.0 Å². The van der Waals surface area contributed by atoms with Crippen molar-refractivity contribution in [3.05, 3.63) is 36.7 Å². The molecule has 0 saturated carbocycles. The van der Waals surface area contributed by atoms with Crippen LogP contribution in [0.4, 0.5) is 5.69 Å². The molecule has 0 spiro atoms. The van der Waals surface area contributed by atoms with Crippen LogP contribution < -0.4 is 9.64 Å². The van der Waals surface area contributed by atoms with Crippen molar-refractivity contribution in [2.24, 2.45) is 5.92 Å². The first-order chi connectivity index (χ1) is 11.4. The zero-order chi connectivity index (χ0) is 15.9. The molecule has 23 heavy (non-hydrogen) atoms. The van der Waals surface area contributed by atoms with E-state index in [1.807, 2.05) is 12.1 Å². The number of benzene rings is 1. The monoisotopic (exact) mass is 314 g/mol. The van der Waals surface area contributed by atoms with Gasteiger partial charge in [0.15, 0.2) is 0 Å². The molecular weight excluding hydrogens is 284 g/mol. The maximum Gasteiger partial charge on any atom is 0.150 e. The predicted octanol–water partition coefficient (Wildman–Crippen LogP) is 4.65. The molecule has 0 radical (unpaired) electrons. The standard InChI is InChI=1S/C20H30N2O/c1-2-3-7-18-10-14-21(15-11-18)12-6-13-22-16-17-23-20-9-5-4-8-19(20)22/h4-5,8-9,16-18H,2-3,6-7,10-15H2,1H3. The van der Waals surface area contributed by atoms with Crippen LogP contribution in [0.5, 0.6) is 5.75 Å². The number of nitrogens with zero attached hydrogens (tertiary/aromatic N) is 2. The highest BCUT2D eigenvalue weighted by atomic mass is 16.5. The third kappa shape index (κ3) is 4.51. The van der Waals surface area contributed by atoms with E-state index < -0.39 is 0 Å². The quantitative estimate of drug-likeness (QED) is 0.728. The van der Waals surface area contributed by atoms with Gasteiger partial charge in [0.25, 0.3) is 0 Å². The number of ether oxygens (including phenoxy) is 1. The molecule has 0 atom stereocenters. The Kier molecular flexibility index (Phi) is 5.98. The van der Waals surface area contributed by atoms with Crippen LogP contribution in [0.1, 0.15) is 45.4 Å². The van der Waals surface area contributed by atoms with E-state index in [-0.39, 0.29) is 0 Å². The lowest BCUT2D eigenvalue weighted by Gasteiger charge is -2.33. The van der Waals surface area contributed by atoms with Crippen LogP contribution in [-0.2, 0) is 0 Å². The molecular formula is C20H30N2O. The van der Waals surface area contributed by atoms with E-state index in [0.29, 0.717) is 0 Å². The van der Waals surface area contributed by atoms with E-state index in [1.54, 1.807) is 6.26 Å². The van der Waals surface area contributed by atoms with Crippen molar-refractivity contribution in [2.75, 3.05) is 31.1 Å². The van der Waals surface area contributed by atoms with Crippen molar-refractivity contribution >= 4 is 5.69 Å². The summed E-state index contributed by atoms with van der Waals surface area (Å²) in [4.78, 5) is 4.96. The van der Waals surface area contributed by atoms with Crippen LogP contribution in [0.2, 0.25) is 0 Å². The second kappa shape index (κ2) is 8.39. The van der Waals surface area contributed by atoms with Crippen LogP contribution in [0.3, 0.4) is 0 Å². The molecule has 3 heteroatoms. The highest BCUT2D eigenvalue weighted by Gasteiger charge is 2.19. The third-order valence-electron chi connectivity index (χ3n) is 5.16. The SMILES string of the molecule is CCCCC1CCN(CCCN2C=COc3ccccc32)CC1. The van der Waals surface area contributed by atoms with E-state index >= 15 is 0 Å². The smallest absolute Gasteiger partial charge is 0.150 e. The Labute approximate surface area is 140 Å². The van der Waals surface area contributed by atoms with Gasteiger partial charge in [-0.1, -0.05) is 38.3 Å². The van der Waals surface area contributed by atoms with Gasteiger partial charge in [-0.3, -0.25) is 0 Å². The van der Waals surface area contributed by atoms with E-state index in [4.69, 9.17) is 4.74 Å². The lowest BCUT2D eigenvalue weighted by Crippen LogP contribution is -2.35. The van der Waals surface area contributed by atoms with Gasteiger partial charge < -0.3 is 14.5 Å². The number of rotatable bonds is 7. The molecule has 1 fully saturated rings. The first-order valence-electron chi connectivity index (χ1n) is 9.28. The van der Waals surface area contributed by atoms with Crippen molar-refractivity contribution in [3.63, 3.8) is 0 Å². The van der Waals surface area contributed by atoms with Gasteiger partial charge in [0, 0.05) is 12.7 Å². The first-order valence-corrected chi connectivity index (χ1v) is 9.28. The lowest BCUT2D eigenvalue weighted by atomic mass is 9.91. The first kappa shape index (κ1) is 16.4. The molecule has 1 saturated heterocycles. The average molecular weight is 314 g/mol. The molecule has 0 unspecified atom stereocenters. The zero-order valence-electron chi connectivity index (χ0n) is 14.4. The van der Waals surface area contributed by atoms with Gasteiger partial charge in [0.05, 0.1) is 5.69 Å². The predicted molar refractivity (Wildman–Crippen MR) is 96.9 cm³/mol. The number of para-hydroxylation sites is 2. The number of piperidine rings is 1. The molecule has 0 aromatic heterocycles. The Balaban J connectivity index is 1.39. The molecule has 2 heterocycles. The van der Waals surface area contributed by atoms with Crippen molar-refractivity contribution in [3.8, 4) is 5.75 Å². The van der Waals surface area contributed by atoms with Gasteiger partial charge >= 0.3 is 0 Å². The third-order valence-corrected chi connectivity index (χ3v) is 5.16. The highest BCUT2D eigenvalue weighted by molar-refractivity contribution is 5.61. The average Bonchev–Trinajstić information content (AvgIpc) is 2.61. The normalized spacial score (nSPS) is 18.7. The summed E-state index contributed by atoms with van der Waals surface area (Å²) in [6, 6.07) is 8.28. The van der Waals surface area contributed by atoms with Crippen LogP contribution in [0, 0.1) is 5.92 Å². The fourth-order valence-corrected chi connectivity index (χ4v) is 3.70. The number of likely N-dealkylation sites (tertiary alicyclic amines) is 1. The Morgan fingerprint density at radius 3 is 2.74 bits per heavy atom. The van der Waals surface area contributed by atoms with Gasteiger partial charge in [-0.15, -0.1) is 0 Å². The summed E-state index contributed by atoms with van der Waals surface area (Å²) >= 11 is 0. The van der Waals surface area contributed by atoms with Crippen LogP contribution in [0.25, 0.3) is 0 Å². The van der Waals surface area contributed by atoms with Gasteiger partial charge in [0.2, 0.25) is 0 Å². The summed E-state index contributed by atoms with van der Waals surface area (Å²) in [5, 5.41) is 0. The van der Waals surface area contributed by atoms with Crippen LogP contribution in [-0.4, -0.2) is 31.1 Å². The number of fused-ring (bicyclic) bond motifs is 1. The van der Waals surface area contributed by atoms with E-state index in [2.05, 4.69) is 35.1 Å². The maximum absolute atomic E-state index is 5.56. The van der Waals surface area contributed by atoms with E-state index in [0.717, 1.165) is 18.2 Å². The largest absolute Gasteiger partial charge is 0.461 e. The topological polar surface area (TPSA) is 15.7 Å². The molecule has 126 valence electrons. The summed E-state index contributed by atoms with van der Waals surface area (Å²) in [5.74, 6) is 1.95. The van der Waals surface area contributed by atoms with Gasteiger partial charge in [-0.05, 0) is 56.9 Å². The van der Waals surface area contributed by atoms with Crippen LogP contribution >= 0.6 is 0 Å². The van der Waals surface area contributed by atoms with E-state index in [1.165, 1.54) is 63.8 Å². The number of unbranched alkanes of at least 4 members (excludes halogenated alkanes) is 1. The Morgan fingerprint density at radius 1 is 1.09 bits per heavy atom. The minimum atomic E-state index is 0.965. The molecule has 2 aliphatic rings. The van der Waals surface area contributed by atoms with Crippen molar-refractivity contribution in [1.82, 2.24) is 4.90 Å². The second-order valence-electron chi connectivity index (χ2n) is 6.84. The number of hydrogen-bond acceptors (Lipinski definition) is 3. The summed E-state index contributed by atoms with van der Waals surface area (Å²) in [7, 11) is 0. The maximum atomic E-state index is 5.56. The number of hydrogen-bond donors (Lipinski definition) is 0. The van der Waals surface area contributed by atoms with Crippen molar-refractivity contribution in [1.29, 1.82) is 0 Å². The van der Waals surface area contributed by atoms with Crippen molar-refractivity contribution in [2.45, 2.75) is 45.4 Å². The molecule has 0 aliphatic carbocycles. The Hall–Kier alpha value is -1.48. The zero-order valence-corrected chi connectivity index (χ0v) is 14.4. The molecule has 1 aromatic rings. The fourth-order valence-electron chi connectivity index (χ4n) is 3.70. The molecule has 1 aromatic carbocycles. The van der Waals surface area contributed by atoms with Crippen molar-refractivity contribution < 1.29 is 4.74 Å². The summed E-state index contributed by atoms with van der Waals surface area (Å²) < 4.78 is 5.56. The minimum absolute atomic E-state index is 0.965. The highest BCUT2D eigenvalue weighted by Crippen LogP contribution is 2.31. The van der Waals surface area contributed by atoms with Crippen LogP contribution in [0.15, 0.2) is 36.7 Å². The summed E-state index contributed by atoms with van der Waals surface area (Å²) in [6.45, 7) is 7.17. The van der Waals surface area contributed by atoms with Gasteiger partial charge in [-0.25, -0.2) is 0 Å². The Bertz CT molecular complexity index is 506. The number of anilines is 1. The summed E-state index contributed by atoms with van der Waals surface area (Å²) in [5.41, 5.74) is 1.19. The molecule has 2 aliphatic heterocycles. The van der Waals surface area contributed by atoms with Gasteiger partial charge in [-0.2, -0.15) is 0 Å². The molecule has 3 rings (SSSR count). The Morgan fingerprint density at radius 2 is 1.91 bits per heavy atom. The molecule has 0 amide bonds. The van der Waals surface area contributed by atoms with E-state index in [9.17, 15) is 0 Å². The molecule has 0 N–H and O–H groups in total. The second-order valence-corrected chi connectivity index (χ2v) is 6.84. The molecule has 0 bridgehead atoms. The minimum Gasteiger partial charge on any atom is -0.461 e. The molecule has 3 nitrogen and oxygen atoms in total. The lowest BCUT2D eigenvalue weighted by molar-refractivity contribution is 0.176. The fraction of sp³-hybridized carbons (Fsp3) is 0.600. The summed E-state index contributed by atoms with van der Waals surface area (Å²) in [6.07, 6.45) is 12.1.